The van der Waals surface area contributed by atoms with Crippen LogP contribution < -0.4 is 0 Å². The van der Waals surface area contributed by atoms with Crippen molar-refractivity contribution in [3.8, 4) is 0 Å². The van der Waals surface area contributed by atoms with Crippen LogP contribution in [0.1, 0.15) is 33.3 Å². The highest BCUT2D eigenvalue weighted by Gasteiger charge is 2.53. The summed E-state index contributed by atoms with van der Waals surface area (Å²) in [5.41, 5.74) is 0.617. The summed E-state index contributed by atoms with van der Waals surface area (Å²) in [5.74, 6) is 0. The molecular weight excluding hydrogens is 282 g/mol. The number of halogens is 1. The van der Waals surface area contributed by atoms with Crippen molar-refractivity contribution in [2.75, 3.05) is 0 Å². The van der Waals surface area contributed by atoms with Gasteiger partial charge >= 0.3 is 7.12 Å². The van der Waals surface area contributed by atoms with E-state index in [1.54, 1.807) is 24.5 Å². The van der Waals surface area contributed by atoms with Gasteiger partial charge in [-0.05, 0) is 51.5 Å². The molecule has 1 fully saturated rings. The second-order valence-corrected chi connectivity index (χ2v) is 6.42. The molecule has 1 aromatic heterocycles. The molecule has 6 heteroatoms. The van der Waals surface area contributed by atoms with E-state index in [-0.39, 0.29) is 0 Å². The molecule has 2 aromatic rings. The minimum absolute atomic E-state index is 0.457. The lowest BCUT2D eigenvalue weighted by Crippen LogP contribution is -2.41. The molecule has 2 heterocycles. The van der Waals surface area contributed by atoms with Crippen LogP contribution in [0.2, 0.25) is 0 Å². The summed E-state index contributed by atoms with van der Waals surface area (Å²) >= 11 is 0. The van der Waals surface area contributed by atoms with Gasteiger partial charge in [0.05, 0.1) is 22.2 Å². The maximum atomic E-state index is 14.5. The molecule has 114 valence electrons. The van der Waals surface area contributed by atoms with Gasteiger partial charge in [-0.25, -0.2) is 4.39 Å². The lowest BCUT2D eigenvalue weighted by molar-refractivity contribution is 0.00578. The monoisotopic (exact) mass is 300 g/mol. The van der Waals surface area contributed by atoms with E-state index in [1.807, 2.05) is 33.8 Å². The van der Waals surface area contributed by atoms with Gasteiger partial charge in [0, 0.05) is 12.4 Å². The molecule has 1 aromatic carbocycles. The fourth-order valence-corrected chi connectivity index (χ4v) is 2.25. The summed E-state index contributed by atoms with van der Waals surface area (Å²) in [6, 6.07) is 5.39. The fourth-order valence-electron chi connectivity index (χ4n) is 2.25. The van der Waals surface area contributed by atoms with Crippen molar-refractivity contribution in [3.63, 3.8) is 0 Å². The molecule has 0 atom stereocenters. The van der Waals surface area contributed by atoms with Gasteiger partial charge in [0.2, 0.25) is 0 Å². The van der Waals surface area contributed by atoms with E-state index < -0.39 is 24.0 Å². The largest absolute Gasteiger partial charge is 0.525 e. The Morgan fingerprint density at radius 1 is 1.05 bits per heavy atom. The van der Waals surface area contributed by atoms with Crippen molar-refractivity contribution in [1.82, 2.24) is 9.97 Å². The molecule has 0 unspecified atom stereocenters. The van der Waals surface area contributed by atoms with Gasteiger partial charge in [-0.1, -0.05) is 6.07 Å². The van der Waals surface area contributed by atoms with Gasteiger partial charge in [0.15, 0.2) is 0 Å². The van der Waals surface area contributed by atoms with E-state index in [4.69, 9.17) is 9.31 Å². The highest BCUT2D eigenvalue weighted by molar-refractivity contribution is 6.54. The maximum absolute atomic E-state index is 14.5. The maximum Gasteiger partial charge on any atom is 0.525 e. The molecule has 0 aliphatic carbocycles. The number of hydrogen-bond acceptors (Lipinski definition) is 4. The van der Waals surface area contributed by atoms with Gasteiger partial charge in [-0.3, -0.25) is 9.97 Å². The van der Waals surface area contributed by atoms with E-state index in [0.29, 0.717) is 5.56 Å². The van der Waals surface area contributed by atoms with Crippen LogP contribution in [0.3, 0.4) is 0 Å². The molecule has 1 saturated heterocycles. The molecule has 0 bridgehead atoms. The van der Waals surface area contributed by atoms with Gasteiger partial charge in [-0.15, -0.1) is 0 Å². The number of aromatic nitrogens is 2. The quantitative estimate of drug-likeness (QED) is 0.795. The van der Waals surface area contributed by atoms with E-state index in [9.17, 15) is 4.39 Å². The van der Waals surface area contributed by atoms with E-state index in [2.05, 4.69) is 9.97 Å². The number of fused-ring (bicyclic) bond motifs is 1. The first kappa shape index (κ1) is 15.1. The van der Waals surface area contributed by atoms with Crippen LogP contribution in [0.4, 0.5) is 4.39 Å². The zero-order valence-electron chi connectivity index (χ0n) is 13.1. The van der Waals surface area contributed by atoms with Crippen LogP contribution in [-0.2, 0) is 9.31 Å². The molecule has 0 saturated carbocycles. The molecule has 3 rings (SSSR count). The third-order valence-corrected chi connectivity index (χ3v) is 4.28. The lowest BCUT2D eigenvalue weighted by Gasteiger charge is -2.32. The predicted octanol–water partition coefficient (Wildman–Crippen LogP) is 3.57. The first-order chi connectivity index (χ1) is 10.3. The number of rotatable bonds is 2. The van der Waals surface area contributed by atoms with Crippen LogP contribution in [0.15, 0.2) is 36.3 Å². The van der Waals surface area contributed by atoms with Gasteiger partial charge < -0.3 is 9.31 Å². The average molecular weight is 300 g/mol. The smallest absolute Gasteiger partial charge is 0.398 e. The van der Waals surface area contributed by atoms with Gasteiger partial charge in [0.1, 0.15) is 5.73 Å². The Kier molecular flexibility index (Phi) is 3.53. The Balaban J connectivity index is 1.88. The normalized spacial score (nSPS) is 20.6. The third kappa shape index (κ3) is 2.64. The molecule has 0 amide bonds. The lowest BCUT2D eigenvalue weighted by atomic mass is 9.87. The van der Waals surface area contributed by atoms with Crippen LogP contribution in [-0.4, -0.2) is 28.3 Å². The molecular formula is C16H18BFN2O2. The van der Waals surface area contributed by atoms with Crippen molar-refractivity contribution in [3.05, 3.63) is 41.9 Å². The van der Waals surface area contributed by atoms with Crippen molar-refractivity contribution in [2.45, 2.75) is 38.9 Å². The van der Waals surface area contributed by atoms with Crippen molar-refractivity contribution in [2.24, 2.45) is 0 Å². The fraction of sp³-hybridized carbons (Fsp3) is 0.375. The minimum atomic E-state index is -0.984. The van der Waals surface area contributed by atoms with E-state index in [1.165, 1.54) is 6.08 Å². The molecule has 0 spiro atoms. The number of hydrogen-bond donors (Lipinski definition) is 0. The summed E-state index contributed by atoms with van der Waals surface area (Å²) in [5, 5.41) is 0. The summed E-state index contributed by atoms with van der Waals surface area (Å²) in [7, 11) is -0.984. The van der Waals surface area contributed by atoms with Crippen molar-refractivity contribution < 1.29 is 13.7 Å². The molecule has 1 aliphatic heterocycles. The van der Waals surface area contributed by atoms with Crippen LogP contribution in [0.25, 0.3) is 17.1 Å². The topological polar surface area (TPSA) is 44.2 Å². The molecule has 4 nitrogen and oxygen atoms in total. The van der Waals surface area contributed by atoms with Crippen molar-refractivity contribution in [1.29, 1.82) is 0 Å². The summed E-state index contributed by atoms with van der Waals surface area (Å²) < 4.78 is 25.8. The minimum Gasteiger partial charge on any atom is -0.398 e. The zero-order chi connectivity index (χ0) is 16.0. The van der Waals surface area contributed by atoms with Gasteiger partial charge in [0.25, 0.3) is 0 Å². The third-order valence-electron chi connectivity index (χ3n) is 4.28. The SMILES string of the molecule is CC1(C)OB(C(F)=Cc2ccc3nccnc3c2)OC1(C)C. The average Bonchev–Trinajstić information content (AvgIpc) is 2.67. The van der Waals surface area contributed by atoms with E-state index in [0.717, 1.165) is 11.0 Å². The van der Waals surface area contributed by atoms with E-state index >= 15 is 0 Å². The second-order valence-electron chi connectivity index (χ2n) is 6.42. The first-order valence-electron chi connectivity index (χ1n) is 7.22. The molecule has 22 heavy (non-hydrogen) atoms. The standard InChI is InChI=1S/C16H18BFN2O2/c1-15(2)16(3,4)22-17(21-15)14(18)10-11-5-6-12-13(9-11)20-8-7-19-12/h5-10H,1-4H3. The summed E-state index contributed by atoms with van der Waals surface area (Å²) in [6.45, 7) is 7.58. The van der Waals surface area contributed by atoms with Crippen LogP contribution in [0.5, 0.6) is 0 Å². The Morgan fingerprint density at radius 3 is 2.27 bits per heavy atom. The highest BCUT2D eigenvalue weighted by atomic mass is 19.1. The zero-order valence-corrected chi connectivity index (χ0v) is 13.1. The van der Waals surface area contributed by atoms with Crippen LogP contribution in [0, 0.1) is 0 Å². The Labute approximate surface area is 129 Å². The van der Waals surface area contributed by atoms with Gasteiger partial charge in [-0.2, -0.15) is 0 Å². The Morgan fingerprint density at radius 2 is 1.64 bits per heavy atom. The Bertz CT molecular complexity index is 730. The first-order valence-corrected chi connectivity index (χ1v) is 7.22. The number of benzene rings is 1. The predicted molar refractivity (Wildman–Crippen MR) is 84.7 cm³/mol. The molecule has 0 radical (unpaired) electrons. The van der Waals surface area contributed by atoms with Crippen LogP contribution >= 0.6 is 0 Å². The molecule has 0 N–H and O–H groups in total. The summed E-state index contributed by atoms with van der Waals surface area (Å²) in [4.78, 5) is 8.41. The molecule has 1 aliphatic rings. The Hall–Kier alpha value is -1.79. The number of nitrogens with zero attached hydrogens (tertiary/aromatic N) is 2. The van der Waals surface area contributed by atoms with Crippen molar-refractivity contribution >= 4 is 24.2 Å². The highest BCUT2D eigenvalue weighted by Crippen LogP contribution is 2.39. The summed E-state index contributed by atoms with van der Waals surface area (Å²) in [6.07, 6.45) is 4.65. The second kappa shape index (κ2) is 5.14.